The van der Waals surface area contributed by atoms with Crippen molar-refractivity contribution < 1.29 is 17.6 Å². The minimum atomic E-state index is -3.51. The number of carbonyl (C=O) groups is 1. The maximum Gasteiger partial charge on any atom is 0.232 e. The molecule has 170 valence electrons. The van der Waals surface area contributed by atoms with E-state index < -0.39 is 10.0 Å². The third-order valence-corrected chi connectivity index (χ3v) is 7.48. The average Bonchev–Trinajstić information content (AvgIpc) is 2.68. The molecule has 2 aromatic rings. The van der Waals surface area contributed by atoms with Crippen LogP contribution in [-0.4, -0.2) is 39.4 Å². The Balaban J connectivity index is 1.76. The van der Waals surface area contributed by atoms with Crippen LogP contribution in [-0.2, 0) is 20.6 Å². The molecule has 2 aromatic carbocycles. The third-order valence-electron chi connectivity index (χ3n) is 4.55. The molecule has 5 nitrogen and oxygen atoms in total. The SMILES string of the molecule is Cc1c(Cl)cccc1N(CCCC(=O)NCCSCc1c(F)cccc1Cl)S(C)(=O)=O. The molecule has 0 unspecified atom stereocenters. The fourth-order valence-corrected chi connectivity index (χ4v) is 5.29. The number of halogens is 3. The lowest BCUT2D eigenvalue weighted by Gasteiger charge is -2.24. The maximum atomic E-state index is 13.7. The van der Waals surface area contributed by atoms with E-state index in [4.69, 9.17) is 23.2 Å². The summed E-state index contributed by atoms with van der Waals surface area (Å²) in [6.07, 6.45) is 1.69. The van der Waals surface area contributed by atoms with E-state index in [1.807, 2.05) is 0 Å². The lowest BCUT2D eigenvalue weighted by atomic mass is 10.2. The Morgan fingerprint density at radius 1 is 1.16 bits per heavy atom. The number of anilines is 1. The van der Waals surface area contributed by atoms with Gasteiger partial charge in [-0.05, 0) is 43.2 Å². The number of thioether (sulfide) groups is 1. The molecule has 0 aliphatic heterocycles. The van der Waals surface area contributed by atoms with E-state index in [9.17, 15) is 17.6 Å². The van der Waals surface area contributed by atoms with Crippen molar-refractivity contribution >= 4 is 56.6 Å². The topological polar surface area (TPSA) is 66.5 Å². The molecule has 1 N–H and O–H groups in total. The molecule has 1 amide bonds. The standard InChI is InChI=1S/C21H25Cl2FN2O3S2/c1-15-17(22)6-4-9-20(15)26(31(2,28)29)12-5-10-21(27)25-11-13-30-14-16-18(23)7-3-8-19(16)24/h3-4,6-9H,5,10-14H2,1-2H3,(H,25,27). The van der Waals surface area contributed by atoms with Crippen molar-refractivity contribution in [2.45, 2.75) is 25.5 Å². The van der Waals surface area contributed by atoms with Gasteiger partial charge >= 0.3 is 0 Å². The van der Waals surface area contributed by atoms with E-state index in [2.05, 4.69) is 5.32 Å². The highest BCUT2D eigenvalue weighted by Crippen LogP contribution is 2.28. The quantitative estimate of drug-likeness (QED) is 0.433. The summed E-state index contributed by atoms with van der Waals surface area (Å²) in [5.41, 5.74) is 1.64. The summed E-state index contributed by atoms with van der Waals surface area (Å²) < 4.78 is 39.4. The van der Waals surface area contributed by atoms with Gasteiger partial charge in [0.15, 0.2) is 0 Å². The summed E-state index contributed by atoms with van der Waals surface area (Å²) in [7, 11) is -3.51. The van der Waals surface area contributed by atoms with Crippen LogP contribution in [0.3, 0.4) is 0 Å². The number of hydrogen-bond acceptors (Lipinski definition) is 4. The molecular weight excluding hydrogens is 482 g/mol. The minimum absolute atomic E-state index is 0.166. The predicted octanol–water partition coefficient (Wildman–Crippen LogP) is 5.04. The van der Waals surface area contributed by atoms with Crippen molar-refractivity contribution in [2.75, 3.05) is 29.4 Å². The van der Waals surface area contributed by atoms with E-state index in [1.165, 1.54) is 22.1 Å². The smallest absolute Gasteiger partial charge is 0.232 e. The molecule has 0 heterocycles. The number of amides is 1. The van der Waals surface area contributed by atoms with Crippen molar-refractivity contribution in [3.05, 3.63) is 63.4 Å². The molecular formula is C21H25Cl2FN2O3S2. The highest BCUT2D eigenvalue weighted by Gasteiger charge is 2.20. The van der Waals surface area contributed by atoms with Crippen LogP contribution in [0.5, 0.6) is 0 Å². The van der Waals surface area contributed by atoms with E-state index in [-0.39, 0.29) is 24.7 Å². The summed E-state index contributed by atoms with van der Waals surface area (Å²) in [6, 6.07) is 9.67. The number of nitrogens with one attached hydrogen (secondary N) is 1. The second-order valence-corrected chi connectivity index (χ2v) is 10.8. The van der Waals surface area contributed by atoms with E-state index in [0.29, 0.717) is 51.3 Å². The molecule has 0 aromatic heterocycles. The molecule has 10 heteroatoms. The van der Waals surface area contributed by atoms with Crippen LogP contribution in [0, 0.1) is 12.7 Å². The number of carbonyl (C=O) groups excluding carboxylic acids is 1. The molecule has 31 heavy (non-hydrogen) atoms. The van der Waals surface area contributed by atoms with E-state index in [0.717, 1.165) is 6.26 Å². The fourth-order valence-electron chi connectivity index (χ4n) is 2.91. The summed E-state index contributed by atoms with van der Waals surface area (Å²) in [4.78, 5) is 12.1. The number of rotatable bonds is 11. The summed E-state index contributed by atoms with van der Waals surface area (Å²) >= 11 is 13.6. The highest BCUT2D eigenvalue weighted by atomic mass is 35.5. The Labute approximate surface area is 197 Å². The number of hydrogen-bond donors (Lipinski definition) is 1. The van der Waals surface area contributed by atoms with Gasteiger partial charge in [-0.1, -0.05) is 35.3 Å². The third kappa shape index (κ3) is 7.86. The molecule has 0 aliphatic rings. The maximum absolute atomic E-state index is 13.7. The van der Waals surface area contributed by atoms with Gasteiger partial charge in [0.1, 0.15) is 5.82 Å². The van der Waals surface area contributed by atoms with Crippen LogP contribution in [0.25, 0.3) is 0 Å². The van der Waals surface area contributed by atoms with Crippen molar-refractivity contribution in [2.24, 2.45) is 0 Å². The first kappa shape index (κ1) is 25.8. The van der Waals surface area contributed by atoms with Crippen LogP contribution in [0.4, 0.5) is 10.1 Å². The first-order chi connectivity index (χ1) is 14.6. The predicted molar refractivity (Wildman–Crippen MR) is 128 cm³/mol. The van der Waals surface area contributed by atoms with Crippen molar-refractivity contribution in [1.29, 1.82) is 0 Å². The zero-order valence-electron chi connectivity index (χ0n) is 17.3. The van der Waals surface area contributed by atoms with Crippen molar-refractivity contribution in [1.82, 2.24) is 5.32 Å². The molecule has 0 saturated carbocycles. The molecule has 0 fully saturated rings. The fraction of sp³-hybridized carbons (Fsp3) is 0.381. The minimum Gasteiger partial charge on any atom is -0.355 e. The molecule has 0 atom stereocenters. The van der Waals surface area contributed by atoms with Crippen LogP contribution in [0.1, 0.15) is 24.0 Å². The first-order valence-electron chi connectivity index (χ1n) is 9.61. The van der Waals surface area contributed by atoms with Crippen molar-refractivity contribution in [3.63, 3.8) is 0 Å². The van der Waals surface area contributed by atoms with Gasteiger partial charge in [-0.25, -0.2) is 12.8 Å². The number of nitrogens with zero attached hydrogens (tertiary/aromatic N) is 1. The average molecular weight is 507 g/mol. The van der Waals surface area contributed by atoms with Gasteiger partial charge in [-0.3, -0.25) is 9.10 Å². The van der Waals surface area contributed by atoms with Crippen LogP contribution < -0.4 is 9.62 Å². The highest BCUT2D eigenvalue weighted by molar-refractivity contribution is 7.98. The van der Waals surface area contributed by atoms with Crippen LogP contribution in [0.2, 0.25) is 10.0 Å². The van der Waals surface area contributed by atoms with Gasteiger partial charge < -0.3 is 5.32 Å². The normalized spacial score (nSPS) is 11.4. The van der Waals surface area contributed by atoms with Crippen LogP contribution in [0.15, 0.2) is 36.4 Å². The largest absolute Gasteiger partial charge is 0.355 e. The Morgan fingerprint density at radius 2 is 1.84 bits per heavy atom. The van der Waals surface area contributed by atoms with Gasteiger partial charge in [0, 0.05) is 46.6 Å². The zero-order valence-corrected chi connectivity index (χ0v) is 20.5. The van der Waals surface area contributed by atoms with Gasteiger partial charge in [-0.15, -0.1) is 0 Å². The van der Waals surface area contributed by atoms with E-state index >= 15 is 0 Å². The second-order valence-electron chi connectivity index (χ2n) is 6.93. The van der Waals surface area contributed by atoms with Gasteiger partial charge in [-0.2, -0.15) is 11.8 Å². The Bertz CT molecular complexity index is 999. The molecule has 0 bridgehead atoms. The zero-order chi connectivity index (χ0) is 23.0. The second kappa shape index (κ2) is 11.9. The summed E-state index contributed by atoms with van der Waals surface area (Å²) in [6.45, 7) is 2.36. The molecule has 0 radical (unpaired) electrons. The summed E-state index contributed by atoms with van der Waals surface area (Å²) in [5.74, 6) is 0.521. The van der Waals surface area contributed by atoms with Gasteiger partial charge in [0.05, 0.1) is 11.9 Å². The molecule has 0 spiro atoms. The monoisotopic (exact) mass is 506 g/mol. The molecule has 0 saturated heterocycles. The summed E-state index contributed by atoms with van der Waals surface area (Å²) in [5, 5.41) is 3.67. The number of sulfonamides is 1. The lowest BCUT2D eigenvalue weighted by molar-refractivity contribution is -0.121. The Kier molecular flexibility index (Phi) is 9.93. The number of benzene rings is 2. The Morgan fingerprint density at radius 3 is 2.52 bits per heavy atom. The van der Waals surface area contributed by atoms with E-state index in [1.54, 1.807) is 37.3 Å². The molecule has 2 rings (SSSR count). The van der Waals surface area contributed by atoms with Crippen molar-refractivity contribution in [3.8, 4) is 0 Å². The first-order valence-corrected chi connectivity index (χ1v) is 13.4. The molecule has 0 aliphatic carbocycles. The van der Waals surface area contributed by atoms with Crippen LogP contribution >= 0.6 is 35.0 Å². The lowest BCUT2D eigenvalue weighted by Crippen LogP contribution is -2.33. The Hall–Kier alpha value is -1.48. The van der Waals surface area contributed by atoms with Gasteiger partial charge in [0.25, 0.3) is 0 Å². The van der Waals surface area contributed by atoms with Gasteiger partial charge in [0.2, 0.25) is 15.9 Å².